The van der Waals surface area contributed by atoms with E-state index in [0.29, 0.717) is 38.3 Å². The predicted octanol–water partition coefficient (Wildman–Crippen LogP) is 2.76. The maximum absolute atomic E-state index is 12.8. The lowest BCUT2D eigenvalue weighted by molar-refractivity contribution is -0.134. The molecular weight excluding hydrogens is 347 g/mol. The summed E-state index contributed by atoms with van der Waals surface area (Å²) < 4.78 is 24.0. The molecule has 0 radical (unpaired) electrons. The summed E-state index contributed by atoms with van der Waals surface area (Å²) in [4.78, 5) is 14.1. The van der Waals surface area contributed by atoms with Gasteiger partial charge in [-0.3, -0.25) is 4.79 Å². The lowest BCUT2D eigenvalue weighted by atomic mass is 10.1. The van der Waals surface area contributed by atoms with E-state index in [4.69, 9.17) is 15.2 Å². The molecule has 0 unspecified atom stereocenters. The first-order valence-corrected chi connectivity index (χ1v) is 8.67. The number of halogens is 2. The number of benzene rings is 1. The summed E-state index contributed by atoms with van der Waals surface area (Å²) in [6.07, 6.45) is 4.04. The van der Waals surface area contributed by atoms with Gasteiger partial charge in [-0.15, -0.1) is 12.4 Å². The highest BCUT2D eigenvalue weighted by Crippen LogP contribution is 2.16. The standard InChI is InChI=1S/C18H27FN2O3.ClH/c19-15-4-6-16(7-5-15)23-13-1-3-18(22)21-11-8-17(9-12-21)24-14-2-10-20;/h4-7,17H,1-3,8-14,20H2;1H. The van der Waals surface area contributed by atoms with E-state index < -0.39 is 0 Å². The average molecular weight is 375 g/mol. The summed E-state index contributed by atoms with van der Waals surface area (Å²) in [5.41, 5.74) is 5.45. The van der Waals surface area contributed by atoms with Gasteiger partial charge in [0.2, 0.25) is 5.91 Å². The fourth-order valence-corrected chi connectivity index (χ4v) is 2.71. The van der Waals surface area contributed by atoms with Crippen LogP contribution in [0.2, 0.25) is 0 Å². The van der Waals surface area contributed by atoms with Crippen molar-refractivity contribution in [2.45, 2.75) is 38.2 Å². The highest BCUT2D eigenvalue weighted by atomic mass is 35.5. The van der Waals surface area contributed by atoms with Crippen LogP contribution in [0.1, 0.15) is 32.1 Å². The van der Waals surface area contributed by atoms with Gasteiger partial charge in [0.05, 0.1) is 12.7 Å². The molecule has 0 aromatic heterocycles. The number of hydrogen-bond donors (Lipinski definition) is 1. The van der Waals surface area contributed by atoms with Gasteiger partial charge in [0.15, 0.2) is 0 Å². The van der Waals surface area contributed by atoms with E-state index in [2.05, 4.69) is 0 Å². The molecular formula is C18H28ClFN2O3. The van der Waals surface area contributed by atoms with Gasteiger partial charge in [-0.2, -0.15) is 0 Å². The van der Waals surface area contributed by atoms with Crippen LogP contribution < -0.4 is 10.5 Å². The molecule has 1 aliphatic heterocycles. The van der Waals surface area contributed by atoms with E-state index in [-0.39, 0.29) is 30.2 Å². The molecule has 5 nitrogen and oxygen atoms in total. The van der Waals surface area contributed by atoms with Crippen molar-refractivity contribution in [3.8, 4) is 5.75 Å². The van der Waals surface area contributed by atoms with Gasteiger partial charge in [-0.25, -0.2) is 4.39 Å². The summed E-state index contributed by atoms with van der Waals surface area (Å²) >= 11 is 0. The Morgan fingerprint density at radius 3 is 2.48 bits per heavy atom. The number of hydrogen-bond acceptors (Lipinski definition) is 4. The van der Waals surface area contributed by atoms with Gasteiger partial charge in [0.25, 0.3) is 0 Å². The quantitative estimate of drug-likeness (QED) is 0.675. The molecule has 2 rings (SSSR count). The van der Waals surface area contributed by atoms with Crippen LogP contribution in [0.5, 0.6) is 5.75 Å². The van der Waals surface area contributed by atoms with Crippen LogP contribution in [-0.4, -0.2) is 49.8 Å². The van der Waals surface area contributed by atoms with Crippen LogP contribution in [0, 0.1) is 5.82 Å². The van der Waals surface area contributed by atoms with Gasteiger partial charge in [-0.05, 0) is 56.5 Å². The predicted molar refractivity (Wildman–Crippen MR) is 97.6 cm³/mol. The Bertz CT molecular complexity index is 494. The first-order valence-electron chi connectivity index (χ1n) is 8.67. The molecule has 2 N–H and O–H groups in total. The van der Waals surface area contributed by atoms with E-state index in [9.17, 15) is 9.18 Å². The Hall–Kier alpha value is -1.37. The van der Waals surface area contributed by atoms with Gasteiger partial charge in [0.1, 0.15) is 11.6 Å². The average Bonchev–Trinajstić information content (AvgIpc) is 2.61. The SMILES string of the molecule is Cl.NCCCOC1CCN(C(=O)CCCOc2ccc(F)cc2)CC1. The Morgan fingerprint density at radius 2 is 1.84 bits per heavy atom. The molecule has 0 spiro atoms. The third-order valence-electron chi connectivity index (χ3n) is 4.11. The maximum atomic E-state index is 12.8. The van der Waals surface area contributed by atoms with Crippen molar-refractivity contribution >= 4 is 18.3 Å². The molecule has 1 heterocycles. The van der Waals surface area contributed by atoms with E-state index in [1.165, 1.54) is 12.1 Å². The number of rotatable bonds is 9. The highest BCUT2D eigenvalue weighted by Gasteiger charge is 2.22. The topological polar surface area (TPSA) is 64.8 Å². The molecule has 0 atom stereocenters. The van der Waals surface area contributed by atoms with Crippen molar-refractivity contribution in [1.82, 2.24) is 4.90 Å². The monoisotopic (exact) mass is 374 g/mol. The molecule has 1 saturated heterocycles. The molecule has 1 fully saturated rings. The molecule has 7 heteroatoms. The minimum Gasteiger partial charge on any atom is -0.494 e. The van der Waals surface area contributed by atoms with Crippen LogP contribution in [0.4, 0.5) is 4.39 Å². The van der Waals surface area contributed by atoms with E-state index in [1.807, 2.05) is 4.90 Å². The molecule has 0 aliphatic carbocycles. The number of piperidine rings is 1. The zero-order chi connectivity index (χ0) is 17.2. The molecule has 0 bridgehead atoms. The molecule has 142 valence electrons. The van der Waals surface area contributed by atoms with Crippen molar-refractivity contribution in [1.29, 1.82) is 0 Å². The first kappa shape index (κ1) is 21.7. The fraction of sp³-hybridized carbons (Fsp3) is 0.611. The number of nitrogens with two attached hydrogens (primary N) is 1. The van der Waals surface area contributed by atoms with Gasteiger partial charge in [-0.1, -0.05) is 0 Å². The maximum Gasteiger partial charge on any atom is 0.222 e. The fourth-order valence-electron chi connectivity index (χ4n) is 2.71. The highest BCUT2D eigenvalue weighted by molar-refractivity contribution is 5.85. The summed E-state index contributed by atoms with van der Waals surface area (Å²) in [6.45, 7) is 3.32. The Morgan fingerprint density at radius 1 is 1.16 bits per heavy atom. The normalized spacial score (nSPS) is 14.9. The third-order valence-corrected chi connectivity index (χ3v) is 4.11. The van der Waals surface area contributed by atoms with Crippen molar-refractivity contribution in [2.24, 2.45) is 5.73 Å². The zero-order valence-electron chi connectivity index (χ0n) is 14.5. The summed E-state index contributed by atoms with van der Waals surface area (Å²) in [5, 5.41) is 0. The zero-order valence-corrected chi connectivity index (χ0v) is 15.3. The summed E-state index contributed by atoms with van der Waals surface area (Å²) in [7, 11) is 0. The number of ether oxygens (including phenoxy) is 2. The van der Waals surface area contributed by atoms with Crippen LogP contribution in [0.3, 0.4) is 0 Å². The number of carbonyl (C=O) groups excluding carboxylic acids is 1. The van der Waals surface area contributed by atoms with Gasteiger partial charge in [0, 0.05) is 26.1 Å². The summed E-state index contributed by atoms with van der Waals surface area (Å²) in [5.74, 6) is 0.505. The number of likely N-dealkylation sites (tertiary alicyclic amines) is 1. The summed E-state index contributed by atoms with van der Waals surface area (Å²) in [6, 6.07) is 5.90. The van der Waals surface area contributed by atoms with Crippen LogP contribution >= 0.6 is 12.4 Å². The molecule has 0 saturated carbocycles. The third kappa shape index (κ3) is 8.03. The van der Waals surface area contributed by atoms with E-state index >= 15 is 0 Å². The lowest BCUT2D eigenvalue weighted by Crippen LogP contribution is -2.41. The molecule has 25 heavy (non-hydrogen) atoms. The Kier molecular flexibility index (Phi) is 10.5. The van der Waals surface area contributed by atoms with E-state index in [1.54, 1.807) is 12.1 Å². The largest absolute Gasteiger partial charge is 0.494 e. The molecule has 1 aromatic rings. The number of carbonyl (C=O) groups is 1. The van der Waals surface area contributed by atoms with Gasteiger partial charge >= 0.3 is 0 Å². The van der Waals surface area contributed by atoms with Gasteiger partial charge < -0.3 is 20.1 Å². The van der Waals surface area contributed by atoms with Crippen LogP contribution in [-0.2, 0) is 9.53 Å². The van der Waals surface area contributed by atoms with Crippen LogP contribution in [0.15, 0.2) is 24.3 Å². The van der Waals surface area contributed by atoms with Crippen molar-refractivity contribution < 1.29 is 18.7 Å². The number of amides is 1. The second-order valence-corrected chi connectivity index (χ2v) is 6.00. The van der Waals surface area contributed by atoms with Crippen molar-refractivity contribution in [3.63, 3.8) is 0 Å². The van der Waals surface area contributed by atoms with Crippen LogP contribution in [0.25, 0.3) is 0 Å². The molecule has 1 aliphatic rings. The minimum atomic E-state index is -0.284. The Labute approximate surface area is 155 Å². The molecule has 1 aromatic carbocycles. The molecule has 1 amide bonds. The lowest BCUT2D eigenvalue weighted by Gasteiger charge is -2.32. The minimum absolute atomic E-state index is 0. The smallest absolute Gasteiger partial charge is 0.222 e. The van der Waals surface area contributed by atoms with E-state index in [0.717, 1.165) is 32.4 Å². The second-order valence-electron chi connectivity index (χ2n) is 6.00. The van der Waals surface area contributed by atoms with Crippen molar-refractivity contribution in [2.75, 3.05) is 32.8 Å². The first-order chi connectivity index (χ1) is 11.7. The van der Waals surface area contributed by atoms with Crippen molar-refractivity contribution in [3.05, 3.63) is 30.1 Å². The second kappa shape index (κ2) is 12.1. The Balaban J connectivity index is 0.00000312. The number of nitrogens with zero attached hydrogens (tertiary/aromatic N) is 1.